The fourth-order valence-corrected chi connectivity index (χ4v) is 2.19. The number of carbonyl (C=O) groups excluding carboxylic acids is 1. The zero-order valence-electron chi connectivity index (χ0n) is 12.6. The van der Waals surface area contributed by atoms with Crippen LogP contribution in [0, 0.1) is 0 Å². The van der Waals surface area contributed by atoms with Crippen molar-refractivity contribution in [2.24, 2.45) is 0 Å². The number of nitrogens with zero attached hydrogens (tertiary/aromatic N) is 1. The SMILES string of the molecule is CCC(c1ccccc1OC)N(C)C(=O)NCCC(=O)O. The number of carboxylic acid groups (broad SMARTS) is 1. The normalized spacial score (nSPS) is 11.6. The van der Waals surface area contributed by atoms with E-state index in [0.717, 1.165) is 17.7 Å². The van der Waals surface area contributed by atoms with Gasteiger partial charge in [0, 0.05) is 19.2 Å². The quantitative estimate of drug-likeness (QED) is 0.808. The van der Waals surface area contributed by atoms with Crippen LogP contribution >= 0.6 is 0 Å². The molecule has 0 heterocycles. The van der Waals surface area contributed by atoms with Gasteiger partial charge in [-0.05, 0) is 12.5 Å². The number of hydrogen-bond acceptors (Lipinski definition) is 3. The van der Waals surface area contributed by atoms with Crippen molar-refractivity contribution >= 4 is 12.0 Å². The molecule has 0 aliphatic heterocycles. The van der Waals surface area contributed by atoms with Gasteiger partial charge in [-0.1, -0.05) is 25.1 Å². The van der Waals surface area contributed by atoms with Crippen LogP contribution < -0.4 is 10.1 Å². The smallest absolute Gasteiger partial charge is 0.317 e. The van der Waals surface area contributed by atoms with E-state index in [1.165, 1.54) is 0 Å². The molecule has 0 bridgehead atoms. The predicted molar refractivity (Wildman–Crippen MR) is 79.4 cm³/mol. The summed E-state index contributed by atoms with van der Waals surface area (Å²) in [4.78, 5) is 24.1. The fraction of sp³-hybridized carbons (Fsp3) is 0.467. The molecule has 116 valence electrons. The van der Waals surface area contributed by atoms with Gasteiger partial charge in [-0.3, -0.25) is 4.79 Å². The first-order chi connectivity index (χ1) is 10.0. The fourth-order valence-electron chi connectivity index (χ4n) is 2.19. The van der Waals surface area contributed by atoms with Gasteiger partial charge in [-0.2, -0.15) is 0 Å². The molecule has 2 N–H and O–H groups in total. The minimum Gasteiger partial charge on any atom is -0.496 e. The lowest BCUT2D eigenvalue weighted by Gasteiger charge is -2.29. The molecule has 1 aromatic carbocycles. The van der Waals surface area contributed by atoms with Crippen LogP contribution in [0.25, 0.3) is 0 Å². The number of carbonyl (C=O) groups is 2. The number of rotatable bonds is 7. The second-order valence-corrected chi connectivity index (χ2v) is 4.65. The molecule has 2 amide bonds. The second-order valence-electron chi connectivity index (χ2n) is 4.65. The van der Waals surface area contributed by atoms with Gasteiger partial charge >= 0.3 is 12.0 Å². The van der Waals surface area contributed by atoms with Crippen LogP contribution in [0.15, 0.2) is 24.3 Å². The number of nitrogens with one attached hydrogen (secondary N) is 1. The molecule has 0 saturated heterocycles. The maximum absolute atomic E-state index is 12.1. The molecule has 0 aromatic heterocycles. The summed E-state index contributed by atoms with van der Waals surface area (Å²) in [5, 5.41) is 11.2. The van der Waals surface area contributed by atoms with Crippen LogP contribution in [-0.4, -0.2) is 42.7 Å². The molecule has 0 radical (unpaired) electrons. The molecule has 0 spiro atoms. The van der Waals surface area contributed by atoms with Crippen molar-refractivity contribution < 1.29 is 19.4 Å². The second kappa shape index (κ2) is 8.14. The molecule has 6 heteroatoms. The van der Waals surface area contributed by atoms with Crippen LogP contribution in [0.3, 0.4) is 0 Å². The molecule has 0 aliphatic rings. The highest BCUT2D eigenvalue weighted by atomic mass is 16.5. The maximum atomic E-state index is 12.1. The topological polar surface area (TPSA) is 78.9 Å². The van der Waals surface area contributed by atoms with Gasteiger partial charge in [0.15, 0.2) is 0 Å². The van der Waals surface area contributed by atoms with Crippen LogP contribution in [-0.2, 0) is 4.79 Å². The highest BCUT2D eigenvalue weighted by molar-refractivity contribution is 5.75. The average molecular weight is 294 g/mol. The largest absolute Gasteiger partial charge is 0.496 e. The standard InChI is InChI=1S/C15H22N2O4/c1-4-12(11-7-5-6-8-13(11)21-3)17(2)15(20)16-10-9-14(18)19/h5-8,12H,4,9-10H2,1-3H3,(H,16,20)(H,18,19). The van der Waals surface area contributed by atoms with Crippen molar-refractivity contribution in [2.45, 2.75) is 25.8 Å². The third kappa shape index (κ3) is 4.66. The molecule has 0 aliphatic carbocycles. The van der Waals surface area contributed by atoms with Crippen molar-refractivity contribution in [3.05, 3.63) is 29.8 Å². The minimum atomic E-state index is -0.935. The monoisotopic (exact) mass is 294 g/mol. The Morgan fingerprint density at radius 2 is 2.05 bits per heavy atom. The number of para-hydroxylation sites is 1. The molecule has 1 rings (SSSR count). The Bertz CT molecular complexity index is 490. The van der Waals surface area contributed by atoms with E-state index in [-0.39, 0.29) is 25.0 Å². The third-order valence-electron chi connectivity index (χ3n) is 3.29. The zero-order chi connectivity index (χ0) is 15.8. The Morgan fingerprint density at radius 1 is 1.38 bits per heavy atom. The summed E-state index contributed by atoms with van der Waals surface area (Å²) in [7, 11) is 3.29. The van der Waals surface area contributed by atoms with E-state index in [1.807, 2.05) is 31.2 Å². The van der Waals surface area contributed by atoms with Gasteiger partial charge in [0.05, 0.1) is 19.6 Å². The van der Waals surface area contributed by atoms with Gasteiger partial charge in [-0.15, -0.1) is 0 Å². The number of benzene rings is 1. The molecule has 0 fully saturated rings. The van der Waals surface area contributed by atoms with Gasteiger partial charge in [-0.25, -0.2) is 4.79 Å². The molecule has 1 atom stereocenters. The number of urea groups is 1. The summed E-state index contributed by atoms with van der Waals surface area (Å²) in [5.74, 6) is -0.204. The first kappa shape index (κ1) is 16.8. The van der Waals surface area contributed by atoms with Crippen LogP contribution in [0.1, 0.15) is 31.4 Å². The summed E-state index contributed by atoms with van der Waals surface area (Å²) in [6, 6.07) is 7.13. The summed E-state index contributed by atoms with van der Waals surface area (Å²) in [5.41, 5.74) is 0.929. The number of amides is 2. The number of ether oxygens (including phenoxy) is 1. The summed E-state index contributed by atoms with van der Waals surface area (Å²) in [6.45, 7) is 2.10. The lowest BCUT2D eigenvalue weighted by Crippen LogP contribution is -2.40. The van der Waals surface area contributed by atoms with Crippen LogP contribution in [0.5, 0.6) is 5.75 Å². The van der Waals surface area contributed by atoms with E-state index in [1.54, 1.807) is 19.1 Å². The Balaban J connectivity index is 2.78. The maximum Gasteiger partial charge on any atom is 0.317 e. The van der Waals surface area contributed by atoms with Gasteiger partial charge < -0.3 is 20.1 Å². The number of carboxylic acids is 1. The Hall–Kier alpha value is -2.24. The highest BCUT2D eigenvalue weighted by Crippen LogP contribution is 2.30. The first-order valence-electron chi connectivity index (χ1n) is 6.86. The molecule has 21 heavy (non-hydrogen) atoms. The lowest BCUT2D eigenvalue weighted by molar-refractivity contribution is -0.136. The van der Waals surface area contributed by atoms with E-state index in [2.05, 4.69) is 5.32 Å². The molecule has 6 nitrogen and oxygen atoms in total. The van der Waals surface area contributed by atoms with E-state index >= 15 is 0 Å². The average Bonchev–Trinajstić information content (AvgIpc) is 2.47. The van der Waals surface area contributed by atoms with Crippen molar-refractivity contribution in [3.8, 4) is 5.75 Å². The number of hydrogen-bond donors (Lipinski definition) is 2. The van der Waals surface area contributed by atoms with E-state index in [9.17, 15) is 9.59 Å². The number of aliphatic carboxylic acids is 1. The van der Waals surface area contributed by atoms with E-state index < -0.39 is 5.97 Å². The molecule has 1 aromatic rings. The zero-order valence-corrected chi connectivity index (χ0v) is 12.6. The van der Waals surface area contributed by atoms with E-state index in [0.29, 0.717) is 0 Å². The van der Waals surface area contributed by atoms with Gasteiger partial charge in [0.2, 0.25) is 0 Å². The number of methoxy groups -OCH3 is 1. The summed E-state index contributed by atoms with van der Waals surface area (Å²) >= 11 is 0. The van der Waals surface area contributed by atoms with Crippen LogP contribution in [0.2, 0.25) is 0 Å². The highest BCUT2D eigenvalue weighted by Gasteiger charge is 2.22. The molecular weight excluding hydrogens is 272 g/mol. The first-order valence-corrected chi connectivity index (χ1v) is 6.86. The molecule has 1 unspecified atom stereocenters. The van der Waals surface area contributed by atoms with Crippen molar-refractivity contribution in [2.75, 3.05) is 20.7 Å². The Kier molecular flexibility index (Phi) is 6.52. The predicted octanol–water partition coefficient (Wildman–Crippen LogP) is 2.26. The summed E-state index contributed by atoms with van der Waals surface area (Å²) < 4.78 is 5.33. The summed E-state index contributed by atoms with van der Waals surface area (Å²) in [6.07, 6.45) is 0.633. The van der Waals surface area contributed by atoms with Crippen molar-refractivity contribution in [3.63, 3.8) is 0 Å². The van der Waals surface area contributed by atoms with Gasteiger partial charge in [0.1, 0.15) is 5.75 Å². The Labute approximate surface area is 124 Å². The minimum absolute atomic E-state index is 0.0922. The molecular formula is C15H22N2O4. The van der Waals surface area contributed by atoms with Crippen molar-refractivity contribution in [1.82, 2.24) is 10.2 Å². The van der Waals surface area contributed by atoms with Crippen molar-refractivity contribution in [1.29, 1.82) is 0 Å². The lowest BCUT2D eigenvalue weighted by atomic mass is 10.0. The van der Waals surface area contributed by atoms with Gasteiger partial charge in [0.25, 0.3) is 0 Å². The molecule has 0 saturated carbocycles. The Morgan fingerprint density at radius 3 is 2.62 bits per heavy atom. The van der Waals surface area contributed by atoms with Crippen LogP contribution in [0.4, 0.5) is 4.79 Å². The van der Waals surface area contributed by atoms with E-state index in [4.69, 9.17) is 9.84 Å². The third-order valence-corrected chi connectivity index (χ3v) is 3.29.